The Bertz CT molecular complexity index is 768. The van der Waals surface area contributed by atoms with Crippen molar-refractivity contribution in [3.8, 4) is 5.88 Å². The van der Waals surface area contributed by atoms with Gasteiger partial charge in [-0.15, -0.1) is 0 Å². The molecular formula is C18H29N5O3. The van der Waals surface area contributed by atoms with E-state index in [1.807, 2.05) is 11.9 Å². The zero-order valence-electron chi connectivity index (χ0n) is 15.7. The fraction of sp³-hybridized carbons (Fsp3) is 0.722. The van der Waals surface area contributed by atoms with E-state index >= 15 is 0 Å². The van der Waals surface area contributed by atoms with Crippen LogP contribution >= 0.6 is 0 Å². The van der Waals surface area contributed by atoms with Crippen molar-refractivity contribution >= 4 is 5.71 Å². The Morgan fingerprint density at radius 1 is 1.23 bits per heavy atom. The first-order valence-corrected chi connectivity index (χ1v) is 9.71. The molecule has 0 amide bonds. The van der Waals surface area contributed by atoms with Gasteiger partial charge in [-0.05, 0) is 25.1 Å². The van der Waals surface area contributed by atoms with Gasteiger partial charge in [0.25, 0.3) is 5.56 Å². The first-order valence-electron chi connectivity index (χ1n) is 9.71. The molecule has 1 saturated heterocycles. The molecule has 1 aliphatic heterocycles. The quantitative estimate of drug-likeness (QED) is 0.675. The van der Waals surface area contributed by atoms with E-state index in [0.29, 0.717) is 12.1 Å². The molecule has 2 aliphatic rings. The second-order valence-electron chi connectivity index (χ2n) is 7.41. The Balaban J connectivity index is 1.99. The van der Waals surface area contributed by atoms with Crippen LogP contribution in [0.5, 0.6) is 5.88 Å². The molecule has 1 saturated carbocycles. The van der Waals surface area contributed by atoms with Crippen molar-refractivity contribution in [1.82, 2.24) is 14.6 Å². The lowest BCUT2D eigenvalue weighted by Gasteiger charge is -2.31. The Hall–Kier alpha value is -2.09. The van der Waals surface area contributed by atoms with Gasteiger partial charge in [0, 0.05) is 6.04 Å². The molecule has 0 radical (unpaired) electrons. The number of piperazine rings is 1. The molecule has 26 heavy (non-hydrogen) atoms. The van der Waals surface area contributed by atoms with Crippen LogP contribution in [-0.4, -0.2) is 53.5 Å². The van der Waals surface area contributed by atoms with Crippen LogP contribution in [0.15, 0.2) is 14.7 Å². The van der Waals surface area contributed by atoms with Gasteiger partial charge in [-0.3, -0.25) is 14.8 Å². The minimum atomic E-state index is -0.618. The van der Waals surface area contributed by atoms with Gasteiger partial charge >= 0.3 is 5.69 Å². The maximum absolute atomic E-state index is 13.0. The summed E-state index contributed by atoms with van der Waals surface area (Å²) in [6, 6.07) is -0.121. The van der Waals surface area contributed by atoms with E-state index in [4.69, 9.17) is 0 Å². The highest BCUT2D eigenvalue weighted by atomic mass is 16.3. The molecule has 1 aliphatic carbocycles. The highest BCUT2D eigenvalue weighted by molar-refractivity contribution is 6.01. The third-order valence-corrected chi connectivity index (χ3v) is 5.52. The summed E-state index contributed by atoms with van der Waals surface area (Å²) >= 11 is 0. The molecular weight excluding hydrogens is 334 g/mol. The second kappa shape index (κ2) is 8.07. The fourth-order valence-corrected chi connectivity index (χ4v) is 3.90. The molecule has 2 fully saturated rings. The van der Waals surface area contributed by atoms with Crippen molar-refractivity contribution in [3.05, 3.63) is 26.4 Å². The van der Waals surface area contributed by atoms with Crippen LogP contribution in [0.2, 0.25) is 0 Å². The van der Waals surface area contributed by atoms with E-state index in [9.17, 15) is 14.7 Å². The molecule has 3 rings (SSSR count). The molecule has 0 unspecified atom stereocenters. The van der Waals surface area contributed by atoms with Crippen molar-refractivity contribution in [2.45, 2.75) is 51.5 Å². The molecule has 0 aromatic carbocycles. The average molecular weight is 363 g/mol. The fourth-order valence-electron chi connectivity index (χ4n) is 3.90. The lowest BCUT2D eigenvalue weighted by Crippen LogP contribution is -3.11. The van der Waals surface area contributed by atoms with Crippen molar-refractivity contribution in [3.63, 3.8) is 0 Å². The second-order valence-corrected chi connectivity index (χ2v) is 7.41. The van der Waals surface area contributed by atoms with Crippen LogP contribution < -0.4 is 21.3 Å². The van der Waals surface area contributed by atoms with Gasteiger partial charge in [-0.2, -0.15) is 5.10 Å². The van der Waals surface area contributed by atoms with Crippen molar-refractivity contribution in [1.29, 1.82) is 0 Å². The van der Waals surface area contributed by atoms with Gasteiger partial charge in [0.1, 0.15) is 0 Å². The van der Waals surface area contributed by atoms with Gasteiger partial charge in [0.2, 0.25) is 0 Å². The van der Waals surface area contributed by atoms with E-state index in [0.717, 1.165) is 58.3 Å². The van der Waals surface area contributed by atoms with Crippen molar-refractivity contribution in [2.24, 2.45) is 5.10 Å². The summed E-state index contributed by atoms with van der Waals surface area (Å²) in [7, 11) is 2.14. The molecule has 2 heterocycles. The van der Waals surface area contributed by atoms with Gasteiger partial charge < -0.3 is 14.6 Å². The third-order valence-electron chi connectivity index (χ3n) is 5.52. The summed E-state index contributed by atoms with van der Waals surface area (Å²) in [4.78, 5) is 28.5. The Kier molecular flexibility index (Phi) is 5.80. The minimum Gasteiger partial charge on any atom is -0.859 e. The highest BCUT2D eigenvalue weighted by Gasteiger charge is 2.22. The van der Waals surface area contributed by atoms with E-state index in [1.165, 1.54) is 9.47 Å². The number of aromatic nitrogens is 2. The monoisotopic (exact) mass is 363 g/mol. The van der Waals surface area contributed by atoms with E-state index in [2.05, 4.69) is 17.1 Å². The number of H-pyrrole nitrogens is 1. The standard InChI is InChI=1S/C18H29N5O3/c1-3-14(20-22-11-9-21(2)10-12-22)15-16(24)19-18(26)23(17(15)25)13-7-5-4-6-8-13/h13,25H,3-12H2,1-2H3,(H,19,24,26). The zero-order valence-corrected chi connectivity index (χ0v) is 15.7. The Morgan fingerprint density at radius 3 is 2.50 bits per heavy atom. The number of hydrogen-bond acceptors (Lipinski definition) is 5. The largest absolute Gasteiger partial charge is 0.859 e. The molecule has 144 valence electrons. The molecule has 0 atom stereocenters. The van der Waals surface area contributed by atoms with Crippen LogP contribution in [0.3, 0.4) is 0 Å². The Morgan fingerprint density at radius 2 is 1.88 bits per heavy atom. The summed E-state index contributed by atoms with van der Waals surface area (Å²) in [6.07, 6.45) is 5.22. The topological polar surface area (TPSA) is 98.0 Å². The number of nitrogens with zero attached hydrogens (tertiary/aromatic N) is 3. The van der Waals surface area contributed by atoms with E-state index < -0.39 is 17.1 Å². The maximum atomic E-state index is 13.0. The third kappa shape index (κ3) is 3.85. The molecule has 0 spiro atoms. The molecule has 8 nitrogen and oxygen atoms in total. The molecule has 2 N–H and O–H groups in total. The molecule has 0 bridgehead atoms. The van der Waals surface area contributed by atoms with Crippen LogP contribution in [0.1, 0.15) is 57.1 Å². The van der Waals surface area contributed by atoms with E-state index in [1.54, 1.807) is 0 Å². The highest BCUT2D eigenvalue weighted by Crippen LogP contribution is 2.29. The van der Waals surface area contributed by atoms with Crippen LogP contribution in [0, 0.1) is 0 Å². The van der Waals surface area contributed by atoms with Crippen molar-refractivity contribution < 1.29 is 10.0 Å². The summed E-state index contributed by atoms with van der Waals surface area (Å²) in [5.41, 5.74) is -0.703. The number of aromatic amines is 1. The first kappa shape index (κ1) is 18.7. The summed E-state index contributed by atoms with van der Waals surface area (Å²) in [5.74, 6) is -0.481. The van der Waals surface area contributed by atoms with E-state index in [-0.39, 0.29) is 11.6 Å². The minimum absolute atomic E-state index is 0.0314. The lowest BCUT2D eigenvalue weighted by molar-refractivity contribution is -0.884. The predicted molar refractivity (Wildman–Crippen MR) is 97.9 cm³/mol. The van der Waals surface area contributed by atoms with Gasteiger partial charge in [0.15, 0.2) is 0 Å². The van der Waals surface area contributed by atoms with Crippen molar-refractivity contribution in [2.75, 3.05) is 33.2 Å². The van der Waals surface area contributed by atoms with Gasteiger partial charge in [0.05, 0.1) is 44.5 Å². The average Bonchev–Trinajstić information content (AvgIpc) is 2.63. The summed E-state index contributed by atoms with van der Waals surface area (Å²) in [6.45, 7) is 5.42. The number of hydrazone groups is 1. The number of quaternary nitrogens is 1. The number of hydrogen-bond donors (Lipinski definition) is 2. The van der Waals surface area contributed by atoms with Gasteiger partial charge in [-0.1, -0.05) is 26.2 Å². The van der Waals surface area contributed by atoms with Gasteiger partial charge in [-0.25, -0.2) is 4.79 Å². The zero-order chi connectivity index (χ0) is 18.7. The molecule has 1 aromatic rings. The maximum Gasteiger partial charge on any atom is 0.328 e. The van der Waals surface area contributed by atoms with Crippen LogP contribution in [0.4, 0.5) is 0 Å². The lowest BCUT2D eigenvalue weighted by atomic mass is 9.95. The van der Waals surface area contributed by atoms with Crippen LogP contribution in [-0.2, 0) is 0 Å². The first-order chi connectivity index (χ1) is 12.5. The SMILES string of the molecule is CCC(=NN1CC[NH+](C)CC1)c1c([O-])n(C2CCCCC2)c(=O)[nH]c1=O. The molecule has 1 aromatic heterocycles. The number of nitrogens with one attached hydrogen (secondary N) is 2. The predicted octanol–water partition coefficient (Wildman–Crippen LogP) is -0.940. The summed E-state index contributed by atoms with van der Waals surface area (Å²) in [5, 5.41) is 19.6. The smallest absolute Gasteiger partial charge is 0.328 e. The molecule has 8 heteroatoms. The summed E-state index contributed by atoms with van der Waals surface area (Å²) < 4.78 is 1.26. The number of rotatable bonds is 4. The Labute approximate surface area is 153 Å². The normalized spacial score (nSPS) is 20.5. The number of likely N-dealkylation sites (N-methyl/N-ethyl adjacent to an activating group) is 1. The van der Waals surface area contributed by atoms with Crippen LogP contribution in [0.25, 0.3) is 0 Å².